The van der Waals surface area contributed by atoms with Crippen LogP contribution in [0.15, 0.2) is 12.1 Å². The Hall–Kier alpha value is -2.13. The predicted octanol–water partition coefficient (Wildman–Crippen LogP) is 1.86. The molecule has 6 nitrogen and oxygen atoms in total. The molecule has 9 heteroatoms. The highest BCUT2D eigenvalue weighted by Gasteiger charge is 2.16. The summed E-state index contributed by atoms with van der Waals surface area (Å²) in [6.07, 6.45) is 0. The molecule has 3 rings (SSSR count). The number of anilines is 1. The van der Waals surface area contributed by atoms with Gasteiger partial charge in [0, 0.05) is 24.4 Å². The summed E-state index contributed by atoms with van der Waals surface area (Å²) in [6.45, 7) is 0.248. The van der Waals surface area contributed by atoms with Gasteiger partial charge in [-0.25, -0.2) is 8.78 Å². The molecule has 0 radical (unpaired) electrons. The van der Waals surface area contributed by atoms with Crippen LogP contribution in [0.5, 0.6) is 0 Å². The highest BCUT2D eigenvalue weighted by molar-refractivity contribution is 7.19. The zero-order valence-electron chi connectivity index (χ0n) is 10.3. The third-order valence-electron chi connectivity index (χ3n) is 2.65. The fourth-order valence-corrected chi connectivity index (χ4v) is 2.63. The maximum absolute atomic E-state index is 13.3. The van der Waals surface area contributed by atoms with Crippen molar-refractivity contribution < 1.29 is 13.5 Å². The van der Waals surface area contributed by atoms with Crippen LogP contribution in [-0.2, 0) is 11.3 Å². The van der Waals surface area contributed by atoms with Gasteiger partial charge in [0.05, 0.1) is 0 Å². The Morgan fingerprint density at radius 3 is 2.80 bits per heavy atom. The number of nitrogen functional groups attached to an aromatic ring is 1. The van der Waals surface area contributed by atoms with Crippen molar-refractivity contribution in [2.24, 2.45) is 0 Å². The average Bonchev–Trinajstić information content (AvgIpc) is 2.96. The molecule has 0 unspecified atom stereocenters. The van der Waals surface area contributed by atoms with Crippen LogP contribution >= 0.6 is 11.3 Å². The van der Waals surface area contributed by atoms with Crippen LogP contribution in [0.1, 0.15) is 5.82 Å². The molecule has 104 valence electrons. The molecule has 2 heterocycles. The Labute approximate surface area is 115 Å². The third kappa shape index (κ3) is 2.00. The molecule has 3 aromatic rings. The summed E-state index contributed by atoms with van der Waals surface area (Å²) in [5.74, 6) is -1.45. The molecule has 0 amide bonds. The van der Waals surface area contributed by atoms with Crippen LogP contribution in [0, 0.1) is 11.6 Å². The van der Waals surface area contributed by atoms with E-state index in [2.05, 4.69) is 15.3 Å². The summed E-state index contributed by atoms with van der Waals surface area (Å²) in [5.41, 5.74) is 6.13. The number of fused-ring (bicyclic) bond motifs is 1. The number of aromatic nitrogens is 4. The number of hydrogen-bond acceptors (Lipinski definition) is 6. The lowest BCUT2D eigenvalue weighted by molar-refractivity contribution is 0.176. The Kier molecular flexibility index (Phi) is 3.07. The minimum atomic E-state index is -0.991. The van der Waals surface area contributed by atoms with E-state index < -0.39 is 11.6 Å². The zero-order chi connectivity index (χ0) is 14.3. The zero-order valence-corrected chi connectivity index (χ0v) is 11.1. The summed E-state index contributed by atoms with van der Waals surface area (Å²) in [4.78, 5) is 0.524. The fourth-order valence-electron chi connectivity index (χ4n) is 1.73. The summed E-state index contributed by atoms with van der Waals surface area (Å²) in [7, 11) is 1.53. The quantitative estimate of drug-likeness (QED) is 0.747. The molecule has 0 aliphatic heterocycles. The van der Waals surface area contributed by atoms with Crippen LogP contribution in [0.4, 0.5) is 14.5 Å². The molecule has 2 aromatic heterocycles. The largest absolute Gasteiger partial charge is 0.398 e. The van der Waals surface area contributed by atoms with Gasteiger partial charge < -0.3 is 10.5 Å². The first-order valence-electron chi connectivity index (χ1n) is 5.55. The van der Waals surface area contributed by atoms with Crippen LogP contribution in [0.2, 0.25) is 0 Å². The van der Waals surface area contributed by atoms with E-state index in [1.807, 2.05) is 0 Å². The van der Waals surface area contributed by atoms with Gasteiger partial charge in [0.25, 0.3) is 0 Å². The molecule has 0 atom stereocenters. The van der Waals surface area contributed by atoms with Gasteiger partial charge in [-0.15, -0.1) is 10.2 Å². The Bertz CT molecular complexity index is 785. The van der Waals surface area contributed by atoms with Crippen molar-refractivity contribution >= 4 is 22.0 Å². The van der Waals surface area contributed by atoms with E-state index in [1.54, 1.807) is 0 Å². The van der Waals surface area contributed by atoms with Crippen molar-refractivity contribution in [2.75, 3.05) is 12.8 Å². The topological polar surface area (TPSA) is 78.3 Å². The highest BCUT2D eigenvalue weighted by Crippen LogP contribution is 2.31. The fraction of sp³-hybridized carbons (Fsp3) is 0.182. The van der Waals surface area contributed by atoms with E-state index in [-0.39, 0.29) is 12.3 Å². The first-order chi connectivity index (χ1) is 9.60. The molecule has 0 aliphatic rings. The van der Waals surface area contributed by atoms with Gasteiger partial charge in [0.2, 0.25) is 4.96 Å². The number of nitrogens with zero attached hydrogens (tertiary/aromatic N) is 4. The lowest BCUT2D eigenvalue weighted by Gasteiger charge is -2.02. The first-order valence-corrected chi connectivity index (χ1v) is 6.36. The van der Waals surface area contributed by atoms with Crippen molar-refractivity contribution in [3.8, 4) is 10.6 Å². The lowest BCUT2D eigenvalue weighted by atomic mass is 10.2. The molecule has 1 aromatic carbocycles. The average molecular weight is 297 g/mol. The van der Waals surface area contributed by atoms with Crippen LogP contribution in [0.3, 0.4) is 0 Å². The number of methoxy groups -OCH3 is 1. The monoisotopic (exact) mass is 297 g/mol. The van der Waals surface area contributed by atoms with E-state index in [9.17, 15) is 8.78 Å². The molecule has 2 N–H and O–H groups in total. The van der Waals surface area contributed by atoms with Crippen LogP contribution in [-0.4, -0.2) is 26.9 Å². The van der Waals surface area contributed by atoms with E-state index in [1.165, 1.54) is 23.0 Å². The van der Waals surface area contributed by atoms with Crippen molar-refractivity contribution in [2.45, 2.75) is 6.61 Å². The number of nitrogens with two attached hydrogens (primary N) is 1. The normalized spacial score (nSPS) is 11.3. The van der Waals surface area contributed by atoms with Crippen LogP contribution < -0.4 is 5.73 Å². The smallest absolute Gasteiger partial charge is 0.235 e. The molecule has 0 bridgehead atoms. The SMILES string of the molecule is COCc1nnc2sc(-c3cc(F)c(F)cc3N)nn12. The van der Waals surface area contributed by atoms with Crippen molar-refractivity contribution in [3.05, 3.63) is 29.6 Å². The molecule has 0 saturated carbocycles. The maximum atomic E-state index is 13.3. The summed E-state index contributed by atoms with van der Waals surface area (Å²) >= 11 is 1.18. The van der Waals surface area contributed by atoms with Gasteiger partial charge in [-0.3, -0.25) is 0 Å². The number of rotatable bonds is 3. The van der Waals surface area contributed by atoms with Gasteiger partial charge in [0.1, 0.15) is 11.6 Å². The van der Waals surface area contributed by atoms with Gasteiger partial charge >= 0.3 is 0 Å². The van der Waals surface area contributed by atoms with E-state index >= 15 is 0 Å². The number of halogens is 2. The summed E-state index contributed by atoms with van der Waals surface area (Å²) in [6, 6.07) is 1.95. The Balaban J connectivity index is 2.13. The molecule has 0 fully saturated rings. The van der Waals surface area contributed by atoms with Gasteiger partial charge in [-0.2, -0.15) is 9.61 Å². The third-order valence-corrected chi connectivity index (χ3v) is 3.58. The highest BCUT2D eigenvalue weighted by atomic mass is 32.1. The minimum Gasteiger partial charge on any atom is -0.398 e. The Morgan fingerprint density at radius 1 is 1.30 bits per heavy atom. The van der Waals surface area contributed by atoms with Gasteiger partial charge in [-0.05, 0) is 6.07 Å². The standard InChI is InChI=1S/C11H9F2N5OS/c1-19-4-9-15-16-11-18(9)17-10(20-11)5-2-6(12)7(13)3-8(5)14/h2-3H,4,14H2,1H3. The maximum Gasteiger partial charge on any atom is 0.235 e. The van der Waals surface area contributed by atoms with Crippen molar-refractivity contribution in [1.82, 2.24) is 19.8 Å². The lowest BCUT2D eigenvalue weighted by Crippen LogP contribution is -1.98. The molecule has 0 aliphatic carbocycles. The molecular weight excluding hydrogens is 288 g/mol. The molecule has 0 spiro atoms. The number of benzene rings is 1. The molecular formula is C11H9F2N5OS. The predicted molar refractivity (Wildman–Crippen MR) is 69.1 cm³/mol. The van der Waals surface area contributed by atoms with Gasteiger partial charge in [0.15, 0.2) is 17.5 Å². The van der Waals surface area contributed by atoms with Crippen LogP contribution in [0.25, 0.3) is 15.5 Å². The second-order valence-electron chi connectivity index (χ2n) is 4.00. The van der Waals surface area contributed by atoms with E-state index in [0.29, 0.717) is 21.4 Å². The number of ether oxygens (including phenoxy) is 1. The molecule has 0 saturated heterocycles. The summed E-state index contributed by atoms with van der Waals surface area (Å²) < 4.78 is 32.9. The Morgan fingerprint density at radius 2 is 2.05 bits per heavy atom. The molecule has 20 heavy (non-hydrogen) atoms. The van der Waals surface area contributed by atoms with E-state index in [4.69, 9.17) is 10.5 Å². The van der Waals surface area contributed by atoms with Crippen molar-refractivity contribution in [3.63, 3.8) is 0 Å². The van der Waals surface area contributed by atoms with E-state index in [0.717, 1.165) is 12.1 Å². The van der Waals surface area contributed by atoms with Gasteiger partial charge in [-0.1, -0.05) is 11.3 Å². The second kappa shape index (κ2) is 4.76. The minimum absolute atomic E-state index is 0.113. The number of hydrogen-bond donors (Lipinski definition) is 1. The summed E-state index contributed by atoms with van der Waals surface area (Å²) in [5, 5.41) is 12.5. The van der Waals surface area contributed by atoms with Crippen molar-refractivity contribution in [1.29, 1.82) is 0 Å². The first kappa shape index (κ1) is 12.9. The second-order valence-corrected chi connectivity index (χ2v) is 4.96.